The first-order chi connectivity index (χ1) is 8.84. The van der Waals surface area contributed by atoms with Crippen LogP contribution in [0.1, 0.15) is 5.56 Å². The van der Waals surface area contributed by atoms with E-state index >= 15 is 0 Å². The van der Waals surface area contributed by atoms with Crippen molar-refractivity contribution in [2.45, 2.75) is 6.61 Å². The van der Waals surface area contributed by atoms with Crippen LogP contribution in [-0.4, -0.2) is 4.98 Å². The fourth-order valence-electron chi connectivity index (χ4n) is 1.88. The molecule has 0 aliphatic rings. The number of aromatic nitrogens is 1. The van der Waals surface area contributed by atoms with E-state index in [1.165, 1.54) is 0 Å². The maximum atomic E-state index is 5.94. The lowest BCUT2D eigenvalue weighted by atomic mass is 10.1. The lowest BCUT2D eigenvalue weighted by Gasteiger charge is -2.04. The Bertz CT molecular complexity index is 662. The first-order valence-electron chi connectivity index (χ1n) is 5.62. The highest BCUT2D eigenvalue weighted by atomic mass is 16.5. The fraction of sp³-hybridized carbons (Fsp3) is 0.0714. The largest absolute Gasteiger partial charge is 0.487 e. The smallest absolute Gasteiger partial charge is 0.138 e. The second-order valence-corrected chi connectivity index (χ2v) is 3.96. The predicted octanol–water partition coefficient (Wildman–Crippen LogP) is 2.99. The Morgan fingerprint density at radius 2 is 2.17 bits per heavy atom. The molecule has 90 valence electrons. The van der Waals surface area contributed by atoms with Gasteiger partial charge < -0.3 is 14.9 Å². The fourth-order valence-corrected chi connectivity index (χ4v) is 1.88. The van der Waals surface area contributed by atoms with Crippen molar-refractivity contribution in [1.82, 2.24) is 4.98 Å². The van der Waals surface area contributed by atoms with E-state index in [4.69, 9.17) is 14.9 Å². The summed E-state index contributed by atoms with van der Waals surface area (Å²) in [6, 6.07) is 9.30. The van der Waals surface area contributed by atoms with E-state index in [1.54, 1.807) is 18.7 Å². The number of pyridine rings is 1. The van der Waals surface area contributed by atoms with Crippen LogP contribution in [-0.2, 0) is 6.61 Å². The number of benzene rings is 1. The molecule has 0 aliphatic heterocycles. The molecule has 1 aromatic carbocycles. The summed E-state index contributed by atoms with van der Waals surface area (Å²) in [6.07, 6.45) is 5.06. The number of anilines is 1. The maximum absolute atomic E-state index is 5.94. The number of furan rings is 1. The van der Waals surface area contributed by atoms with Crippen molar-refractivity contribution < 1.29 is 9.15 Å². The van der Waals surface area contributed by atoms with Crippen LogP contribution in [0.15, 0.2) is 53.4 Å². The van der Waals surface area contributed by atoms with Crippen LogP contribution >= 0.6 is 0 Å². The maximum Gasteiger partial charge on any atom is 0.138 e. The van der Waals surface area contributed by atoms with Crippen molar-refractivity contribution in [3.05, 3.63) is 54.6 Å². The molecule has 0 saturated heterocycles. The Balaban J connectivity index is 1.87. The number of nitrogen functional groups attached to an aromatic ring is 1. The van der Waals surface area contributed by atoms with Crippen LogP contribution in [0.5, 0.6) is 5.75 Å². The molecule has 2 aromatic heterocycles. The summed E-state index contributed by atoms with van der Waals surface area (Å²) in [5.74, 6) is 0.723. The van der Waals surface area contributed by atoms with Gasteiger partial charge in [-0.1, -0.05) is 6.07 Å². The second-order valence-electron chi connectivity index (χ2n) is 3.96. The summed E-state index contributed by atoms with van der Waals surface area (Å²) in [5.41, 5.74) is 8.36. The Morgan fingerprint density at radius 3 is 3.00 bits per heavy atom. The van der Waals surface area contributed by atoms with Gasteiger partial charge in [-0.3, -0.25) is 4.98 Å². The van der Waals surface area contributed by atoms with Gasteiger partial charge in [0.1, 0.15) is 17.9 Å². The minimum Gasteiger partial charge on any atom is -0.487 e. The van der Waals surface area contributed by atoms with Gasteiger partial charge in [0.15, 0.2) is 0 Å². The quantitative estimate of drug-likeness (QED) is 0.715. The molecule has 2 N–H and O–H groups in total. The summed E-state index contributed by atoms with van der Waals surface area (Å²) in [4.78, 5) is 3.99. The highest BCUT2D eigenvalue weighted by molar-refractivity contribution is 5.92. The number of ether oxygens (including phenoxy) is 1. The Morgan fingerprint density at radius 1 is 1.22 bits per heavy atom. The predicted molar refractivity (Wildman–Crippen MR) is 69.2 cm³/mol. The molecule has 4 heteroatoms. The zero-order chi connectivity index (χ0) is 12.4. The van der Waals surface area contributed by atoms with Crippen LogP contribution in [0.2, 0.25) is 0 Å². The van der Waals surface area contributed by atoms with Gasteiger partial charge in [-0.2, -0.15) is 0 Å². The van der Waals surface area contributed by atoms with Gasteiger partial charge in [-0.15, -0.1) is 0 Å². The van der Waals surface area contributed by atoms with Crippen LogP contribution < -0.4 is 10.5 Å². The molecule has 0 radical (unpaired) electrons. The molecule has 0 saturated carbocycles. The van der Waals surface area contributed by atoms with E-state index in [1.807, 2.05) is 30.3 Å². The van der Waals surface area contributed by atoms with Crippen molar-refractivity contribution in [3.63, 3.8) is 0 Å². The molecule has 0 fully saturated rings. The highest BCUT2D eigenvalue weighted by Gasteiger charge is 2.09. The SMILES string of the molecule is Nc1cccc2occ(COc3cccnc3)c12. The van der Waals surface area contributed by atoms with Crippen molar-refractivity contribution in [2.75, 3.05) is 5.73 Å². The van der Waals surface area contributed by atoms with Crippen LogP contribution in [0, 0.1) is 0 Å². The number of nitrogens with two attached hydrogens (primary N) is 1. The summed E-state index contributed by atoms with van der Waals surface area (Å²) in [5, 5.41) is 0.918. The number of hydrogen-bond acceptors (Lipinski definition) is 4. The molecular weight excluding hydrogens is 228 g/mol. The van der Waals surface area contributed by atoms with E-state index in [2.05, 4.69) is 4.98 Å². The first-order valence-corrected chi connectivity index (χ1v) is 5.62. The second kappa shape index (κ2) is 4.41. The van der Waals surface area contributed by atoms with E-state index in [9.17, 15) is 0 Å². The molecule has 0 unspecified atom stereocenters. The Labute approximate surface area is 104 Å². The number of nitrogens with zero attached hydrogens (tertiary/aromatic N) is 1. The third-order valence-electron chi connectivity index (χ3n) is 2.74. The first kappa shape index (κ1) is 10.7. The van der Waals surface area contributed by atoms with E-state index < -0.39 is 0 Å². The molecule has 0 bridgehead atoms. The molecule has 3 aromatic rings. The third kappa shape index (κ3) is 1.88. The van der Waals surface area contributed by atoms with E-state index in [0.29, 0.717) is 12.3 Å². The molecule has 4 nitrogen and oxygen atoms in total. The minimum absolute atomic E-state index is 0.410. The van der Waals surface area contributed by atoms with Gasteiger partial charge in [0.2, 0.25) is 0 Å². The standard InChI is InChI=1S/C14H12N2O2/c15-12-4-1-5-13-14(12)10(9-18-13)8-17-11-3-2-6-16-7-11/h1-7,9H,8,15H2. The monoisotopic (exact) mass is 240 g/mol. The van der Waals surface area contributed by atoms with Gasteiger partial charge in [-0.05, 0) is 24.3 Å². The molecule has 2 heterocycles. The average Bonchev–Trinajstić information content (AvgIpc) is 2.82. The molecular formula is C14H12N2O2. The van der Waals surface area contributed by atoms with Gasteiger partial charge in [-0.25, -0.2) is 0 Å². The van der Waals surface area contributed by atoms with E-state index in [-0.39, 0.29) is 0 Å². The molecule has 0 spiro atoms. The Hall–Kier alpha value is -2.49. The van der Waals surface area contributed by atoms with Crippen molar-refractivity contribution in [3.8, 4) is 5.75 Å². The van der Waals surface area contributed by atoms with Crippen LogP contribution in [0.3, 0.4) is 0 Å². The van der Waals surface area contributed by atoms with Crippen molar-refractivity contribution in [2.24, 2.45) is 0 Å². The molecule has 3 rings (SSSR count). The van der Waals surface area contributed by atoms with Gasteiger partial charge >= 0.3 is 0 Å². The number of fused-ring (bicyclic) bond motifs is 1. The lowest BCUT2D eigenvalue weighted by Crippen LogP contribution is -1.96. The molecule has 0 aliphatic carbocycles. The summed E-state index contributed by atoms with van der Waals surface area (Å²) >= 11 is 0. The zero-order valence-corrected chi connectivity index (χ0v) is 9.67. The topological polar surface area (TPSA) is 61.3 Å². The van der Waals surface area contributed by atoms with Crippen LogP contribution in [0.4, 0.5) is 5.69 Å². The van der Waals surface area contributed by atoms with Crippen molar-refractivity contribution >= 4 is 16.7 Å². The summed E-state index contributed by atoms with van der Waals surface area (Å²) < 4.78 is 11.1. The number of hydrogen-bond donors (Lipinski definition) is 1. The van der Waals surface area contributed by atoms with Gasteiger partial charge in [0.25, 0.3) is 0 Å². The zero-order valence-electron chi connectivity index (χ0n) is 9.67. The summed E-state index contributed by atoms with van der Waals surface area (Å²) in [6.45, 7) is 0.410. The Kier molecular flexibility index (Phi) is 2.61. The van der Waals surface area contributed by atoms with Crippen LogP contribution in [0.25, 0.3) is 11.0 Å². The average molecular weight is 240 g/mol. The van der Waals surface area contributed by atoms with E-state index in [0.717, 1.165) is 22.3 Å². The van der Waals surface area contributed by atoms with Gasteiger partial charge in [0.05, 0.1) is 12.5 Å². The number of rotatable bonds is 3. The third-order valence-corrected chi connectivity index (χ3v) is 2.74. The normalized spacial score (nSPS) is 10.7. The molecule has 0 atom stereocenters. The molecule has 0 amide bonds. The highest BCUT2D eigenvalue weighted by Crippen LogP contribution is 2.27. The minimum atomic E-state index is 0.410. The molecule has 18 heavy (non-hydrogen) atoms. The van der Waals surface area contributed by atoms with Crippen molar-refractivity contribution in [1.29, 1.82) is 0 Å². The summed E-state index contributed by atoms with van der Waals surface area (Å²) in [7, 11) is 0. The lowest BCUT2D eigenvalue weighted by molar-refractivity contribution is 0.305. The van der Waals surface area contributed by atoms with Gasteiger partial charge in [0, 0.05) is 22.8 Å².